The number of thioether (sulfide) groups is 1. The molecule has 0 spiro atoms. The number of nitro benzene ring substituents is 1. The lowest BCUT2D eigenvalue weighted by molar-refractivity contribution is -0.384. The summed E-state index contributed by atoms with van der Waals surface area (Å²) < 4.78 is 0. The molecule has 0 bridgehead atoms. The molecule has 0 aliphatic carbocycles. The van der Waals surface area contributed by atoms with Crippen LogP contribution in [-0.2, 0) is 4.79 Å². The maximum Gasteiger partial charge on any atom is 0.294 e. The Balaban J connectivity index is 1.68. The number of imide groups is 1. The summed E-state index contributed by atoms with van der Waals surface area (Å²) in [4.78, 5) is 40.8. The van der Waals surface area contributed by atoms with Crippen molar-refractivity contribution in [3.05, 3.63) is 44.8 Å². The van der Waals surface area contributed by atoms with E-state index in [-0.39, 0.29) is 16.8 Å². The van der Waals surface area contributed by atoms with Crippen LogP contribution in [0.15, 0.2) is 29.2 Å². The summed E-state index contributed by atoms with van der Waals surface area (Å²) >= 11 is 0.904. The van der Waals surface area contributed by atoms with Crippen molar-refractivity contribution in [3.63, 3.8) is 0 Å². The summed E-state index contributed by atoms with van der Waals surface area (Å²) in [5, 5.41) is 10.4. The SMILES string of the molecule is CN1CCN(CN2C(=O)SC(=Cc3ccc([N+](=O)[O-])cc3)C2=O)CC1. The number of rotatable bonds is 4. The van der Waals surface area contributed by atoms with E-state index in [1.54, 1.807) is 18.2 Å². The molecule has 2 amide bonds. The normalized spacial score (nSPS) is 21.3. The second-order valence-electron chi connectivity index (χ2n) is 6.02. The van der Waals surface area contributed by atoms with Crippen LogP contribution < -0.4 is 0 Å². The number of amides is 2. The molecular weight excluding hydrogens is 344 g/mol. The van der Waals surface area contributed by atoms with Gasteiger partial charge in [-0.3, -0.25) is 29.5 Å². The number of likely N-dealkylation sites (N-methyl/N-ethyl adjacent to an activating group) is 1. The third-order valence-electron chi connectivity index (χ3n) is 4.21. The third kappa shape index (κ3) is 4.06. The van der Waals surface area contributed by atoms with Gasteiger partial charge in [-0.2, -0.15) is 0 Å². The zero-order valence-corrected chi connectivity index (χ0v) is 14.6. The molecule has 9 heteroatoms. The van der Waals surface area contributed by atoms with Crippen molar-refractivity contribution in [3.8, 4) is 0 Å². The molecule has 2 fully saturated rings. The molecule has 0 N–H and O–H groups in total. The lowest BCUT2D eigenvalue weighted by Crippen LogP contribution is -2.49. The van der Waals surface area contributed by atoms with Crippen LogP contribution in [0.1, 0.15) is 5.56 Å². The second kappa shape index (κ2) is 7.34. The van der Waals surface area contributed by atoms with Crippen LogP contribution >= 0.6 is 11.8 Å². The fourth-order valence-corrected chi connectivity index (χ4v) is 3.49. The first kappa shape index (κ1) is 17.6. The molecule has 132 valence electrons. The van der Waals surface area contributed by atoms with Gasteiger partial charge in [0, 0.05) is 38.3 Å². The number of non-ortho nitro benzene ring substituents is 1. The number of carbonyl (C=O) groups is 2. The molecule has 1 aromatic rings. The van der Waals surface area contributed by atoms with E-state index in [4.69, 9.17) is 0 Å². The molecule has 1 aromatic carbocycles. The number of nitro groups is 1. The molecule has 2 aliphatic heterocycles. The van der Waals surface area contributed by atoms with Crippen LogP contribution in [-0.4, -0.2) is 70.7 Å². The fraction of sp³-hybridized carbons (Fsp3) is 0.375. The molecule has 2 heterocycles. The van der Waals surface area contributed by atoms with Gasteiger partial charge in [0.05, 0.1) is 16.5 Å². The molecule has 3 rings (SSSR count). The minimum Gasteiger partial charge on any atom is -0.304 e. The van der Waals surface area contributed by atoms with Crippen molar-refractivity contribution < 1.29 is 14.5 Å². The Hall–Kier alpha value is -2.23. The maximum atomic E-state index is 12.5. The van der Waals surface area contributed by atoms with Gasteiger partial charge >= 0.3 is 0 Å². The van der Waals surface area contributed by atoms with Crippen LogP contribution in [0.3, 0.4) is 0 Å². The molecule has 0 atom stereocenters. The summed E-state index contributed by atoms with van der Waals surface area (Å²) in [5.41, 5.74) is 0.635. The van der Waals surface area contributed by atoms with Gasteiger partial charge in [0.15, 0.2) is 0 Å². The van der Waals surface area contributed by atoms with Gasteiger partial charge < -0.3 is 4.90 Å². The van der Waals surface area contributed by atoms with E-state index >= 15 is 0 Å². The Morgan fingerprint density at radius 1 is 1.16 bits per heavy atom. The lowest BCUT2D eigenvalue weighted by Gasteiger charge is -2.33. The van der Waals surface area contributed by atoms with Crippen LogP contribution in [0.5, 0.6) is 0 Å². The number of hydrogen-bond acceptors (Lipinski definition) is 7. The largest absolute Gasteiger partial charge is 0.304 e. The predicted octanol–water partition coefficient (Wildman–Crippen LogP) is 1.84. The van der Waals surface area contributed by atoms with E-state index in [2.05, 4.69) is 9.80 Å². The highest BCUT2D eigenvalue weighted by atomic mass is 32.2. The summed E-state index contributed by atoms with van der Waals surface area (Å²) in [6, 6.07) is 5.87. The topological polar surface area (TPSA) is 87.0 Å². The summed E-state index contributed by atoms with van der Waals surface area (Å²) in [5.74, 6) is -0.313. The Kier molecular flexibility index (Phi) is 5.16. The lowest BCUT2D eigenvalue weighted by atomic mass is 10.2. The zero-order valence-electron chi connectivity index (χ0n) is 13.8. The molecule has 2 saturated heterocycles. The Bertz CT molecular complexity index is 726. The average molecular weight is 362 g/mol. The highest BCUT2D eigenvalue weighted by Gasteiger charge is 2.36. The Morgan fingerprint density at radius 2 is 1.80 bits per heavy atom. The van der Waals surface area contributed by atoms with Gasteiger partial charge in [0.1, 0.15) is 0 Å². The van der Waals surface area contributed by atoms with Crippen molar-refractivity contribution in [2.45, 2.75) is 0 Å². The second-order valence-corrected chi connectivity index (χ2v) is 7.01. The first-order valence-electron chi connectivity index (χ1n) is 7.85. The van der Waals surface area contributed by atoms with Crippen molar-refractivity contribution in [1.29, 1.82) is 0 Å². The number of hydrogen-bond donors (Lipinski definition) is 0. The van der Waals surface area contributed by atoms with Gasteiger partial charge in [-0.1, -0.05) is 0 Å². The summed E-state index contributed by atoms with van der Waals surface area (Å²) in [6.45, 7) is 3.76. The predicted molar refractivity (Wildman–Crippen MR) is 94.8 cm³/mol. The van der Waals surface area contributed by atoms with E-state index in [9.17, 15) is 19.7 Å². The smallest absolute Gasteiger partial charge is 0.294 e. The van der Waals surface area contributed by atoms with E-state index in [1.807, 2.05) is 7.05 Å². The summed E-state index contributed by atoms with van der Waals surface area (Å²) in [7, 11) is 2.05. The van der Waals surface area contributed by atoms with Crippen LogP contribution in [0.25, 0.3) is 6.08 Å². The first-order valence-corrected chi connectivity index (χ1v) is 8.66. The molecule has 2 aliphatic rings. The minimum atomic E-state index is -0.478. The van der Waals surface area contributed by atoms with Crippen LogP contribution in [0.2, 0.25) is 0 Å². The monoisotopic (exact) mass is 362 g/mol. The molecule has 0 aromatic heterocycles. The first-order chi connectivity index (χ1) is 11.9. The van der Waals surface area contributed by atoms with Gasteiger partial charge in [0.2, 0.25) is 0 Å². The van der Waals surface area contributed by atoms with Gasteiger partial charge in [-0.25, -0.2) is 0 Å². The third-order valence-corrected chi connectivity index (χ3v) is 5.12. The number of benzene rings is 1. The molecule has 25 heavy (non-hydrogen) atoms. The Morgan fingerprint density at radius 3 is 2.40 bits per heavy atom. The van der Waals surface area contributed by atoms with E-state index in [0.717, 1.165) is 37.9 Å². The number of carbonyl (C=O) groups excluding carboxylic acids is 2. The quantitative estimate of drug-likeness (QED) is 0.459. The Labute approximate surface area is 149 Å². The van der Waals surface area contributed by atoms with Crippen molar-refractivity contribution in [2.75, 3.05) is 39.9 Å². The fourth-order valence-electron chi connectivity index (χ4n) is 2.65. The van der Waals surface area contributed by atoms with Gasteiger partial charge in [-0.15, -0.1) is 0 Å². The molecule has 0 saturated carbocycles. The average Bonchev–Trinajstić information content (AvgIpc) is 2.85. The number of nitrogens with zero attached hydrogens (tertiary/aromatic N) is 4. The van der Waals surface area contributed by atoms with E-state index in [0.29, 0.717) is 17.1 Å². The van der Waals surface area contributed by atoms with Crippen LogP contribution in [0, 0.1) is 10.1 Å². The van der Waals surface area contributed by atoms with E-state index < -0.39 is 4.92 Å². The van der Waals surface area contributed by atoms with Crippen LogP contribution in [0.4, 0.5) is 10.5 Å². The maximum absolute atomic E-state index is 12.5. The van der Waals surface area contributed by atoms with Gasteiger partial charge in [0.25, 0.3) is 16.8 Å². The number of piperazine rings is 1. The van der Waals surface area contributed by atoms with Crippen molar-refractivity contribution in [2.24, 2.45) is 0 Å². The standard InChI is InChI=1S/C16H18N4O4S/c1-17-6-8-18(9-7-17)11-19-15(21)14(25-16(19)22)10-12-2-4-13(5-3-12)20(23)24/h2-5,10H,6-9,11H2,1H3. The molecule has 0 radical (unpaired) electrons. The minimum absolute atomic E-state index is 0.0136. The summed E-state index contributed by atoms with van der Waals surface area (Å²) in [6.07, 6.45) is 1.60. The van der Waals surface area contributed by atoms with Gasteiger partial charge in [-0.05, 0) is 42.6 Å². The molecular formula is C16H18N4O4S. The highest BCUT2D eigenvalue weighted by Crippen LogP contribution is 2.32. The zero-order chi connectivity index (χ0) is 18.0. The highest BCUT2D eigenvalue weighted by molar-refractivity contribution is 8.18. The molecule has 0 unspecified atom stereocenters. The van der Waals surface area contributed by atoms with Crippen molar-refractivity contribution >= 4 is 34.7 Å². The van der Waals surface area contributed by atoms with E-state index in [1.165, 1.54) is 17.0 Å². The van der Waals surface area contributed by atoms with Crippen molar-refractivity contribution in [1.82, 2.24) is 14.7 Å². The molecule has 8 nitrogen and oxygen atoms in total.